The largest absolute Gasteiger partial charge is 0.492 e. The van der Waals surface area contributed by atoms with E-state index in [1.54, 1.807) is 14.2 Å². The molecule has 2 aromatic carbocycles. The van der Waals surface area contributed by atoms with Gasteiger partial charge in [0.1, 0.15) is 17.2 Å². The van der Waals surface area contributed by atoms with E-state index in [0.717, 1.165) is 23.7 Å². The van der Waals surface area contributed by atoms with Crippen molar-refractivity contribution in [2.24, 2.45) is 0 Å². The molecule has 0 amide bonds. The third kappa shape index (κ3) is 5.08. The minimum Gasteiger partial charge on any atom is -0.492 e. The number of unbranched alkanes of at least 4 members (excludes halogenated alkanes) is 2. The molecule has 2 aromatic rings. The molecule has 5 heteroatoms. The molecule has 0 N–H and O–H groups in total. The Labute approximate surface area is 180 Å². The summed E-state index contributed by atoms with van der Waals surface area (Å²) in [5.74, 6) is 2.87. The van der Waals surface area contributed by atoms with Crippen LogP contribution in [-0.2, 0) is 14.9 Å². The fraction of sp³-hybridized carbons (Fsp3) is 0.520. The zero-order valence-corrected chi connectivity index (χ0v) is 18.6. The Bertz CT molecular complexity index is 789. The molecule has 0 saturated heterocycles. The van der Waals surface area contributed by atoms with Crippen LogP contribution in [0, 0.1) is 0 Å². The van der Waals surface area contributed by atoms with Crippen LogP contribution in [0.3, 0.4) is 0 Å². The van der Waals surface area contributed by atoms with Crippen LogP contribution < -0.4 is 14.2 Å². The van der Waals surface area contributed by atoms with Crippen LogP contribution in [0.25, 0.3) is 0 Å². The van der Waals surface area contributed by atoms with Crippen LogP contribution in [-0.4, -0.2) is 34.4 Å². The maximum absolute atomic E-state index is 6.27. The second kappa shape index (κ2) is 10.7. The van der Waals surface area contributed by atoms with Crippen molar-refractivity contribution >= 4 is 0 Å². The van der Waals surface area contributed by atoms with E-state index >= 15 is 0 Å². The van der Waals surface area contributed by atoms with E-state index in [-0.39, 0.29) is 19.0 Å². The summed E-state index contributed by atoms with van der Waals surface area (Å²) in [6.07, 6.45) is 4.78. The van der Waals surface area contributed by atoms with Crippen molar-refractivity contribution in [1.29, 1.82) is 0 Å². The normalized spacial score (nSPS) is 20.3. The monoisotopic (exact) mass is 414 g/mol. The molecule has 5 nitrogen and oxygen atoms in total. The summed E-state index contributed by atoms with van der Waals surface area (Å²) in [5, 5.41) is 0. The molecule has 0 spiro atoms. The number of ether oxygens (including phenoxy) is 5. The molecule has 0 fully saturated rings. The van der Waals surface area contributed by atoms with Gasteiger partial charge in [0.15, 0.2) is 13.6 Å². The van der Waals surface area contributed by atoms with Gasteiger partial charge in [-0.15, -0.1) is 0 Å². The third-order valence-electron chi connectivity index (χ3n) is 5.95. The zero-order chi connectivity index (χ0) is 21.4. The lowest BCUT2D eigenvalue weighted by Gasteiger charge is -2.43. The van der Waals surface area contributed by atoms with Gasteiger partial charge in [-0.2, -0.15) is 0 Å². The van der Waals surface area contributed by atoms with Crippen LogP contribution in [0.1, 0.15) is 56.6 Å². The number of fused-ring (bicyclic) bond motifs is 1. The average molecular weight is 415 g/mol. The number of hydrogen-bond donors (Lipinski definition) is 0. The van der Waals surface area contributed by atoms with E-state index in [0.29, 0.717) is 12.5 Å². The fourth-order valence-electron chi connectivity index (χ4n) is 4.23. The molecule has 0 radical (unpaired) electrons. The van der Waals surface area contributed by atoms with Crippen molar-refractivity contribution in [2.75, 3.05) is 34.4 Å². The SMILES string of the molecule is CCCCC[C@@H]1c2ccc(OCOC)cc2OC[C@]1(C)c1ccc(OCOC)cc1. The van der Waals surface area contributed by atoms with E-state index in [4.69, 9.17) is 23.7 Å². The first kappa shape index (κ1) is 22.4. The van der Waals surface area contributed by atoms with Gasteiger partial charge in [0.25, 0.3) is 0 Å². The third-order valence-corrected chi connectivity index (χ3v) is 5.95. The molecule has 1 aliphatic heterocycles. The molecule has 3 rings (SSSR count). The van der Waals surface area contributed by atoms with Crippen molar-refractivity contribution in [3.05, 3.63) is 53.6 Å². The number of rotatable bonds is 11. The second-order valence-electron chi connectivity index (χ2n) is 8.08. The highest BCUT2D eigenvalue weighted by atomic mass is 16.7. The summed E-state index contributed by atoms with van der Waals surface area (Å²) < 4.78 is 27.5. The Kier molecular flexibility index (Phi) is 8.00. The molecule has 0 unspecified atom stereocenters. The van der Waals surface area contributed by atoms with Crippen LogP contribution in [0.5, 0.6) is 17.2 Å². The topological polar surface area (TPSA) is 46.2 Å². The molecular formula is C25H34O5. The Morgan fingerprint density at radius 3 is 2.27 bits per heavy atom. The molecule has 2 atom stereocenters. The summed E-state index contributed by atoms with van der Waals surface area (Å²) >= 11 is 0. The summed E-state index contributed by atoms with van der Waals surface area (Å²) in [6.45, 7) is 5.67. The van der Waals surface area contributed by atoms with Gasteiger partial charge in [-0.3, -0.25) is 0 Å². The van der Waals surface area contributed by atoms with Gasteiger partial charge in [-0.1, -0.05) is 51.3 Å². The number of benzene rings is 2. The molecule has 0 saturated carbocycles. The van der Waals surface area contributed by atoms with Gasteiger partial charge < -0.3 is 23.7 Å². The Morgan fingerprint density at radius 2 is 1.60 bits per heavy atom. The zero-order valence-electron chi connectivity index (χ0n) is 18.6. The minimum atomic E-state index is -0.116. The molecule has 1 aliphatic rings. The van der Waals surface area contributed by atoms with Crippen molar-refractivity contribution in [1.82, 2.24) is 0 Å². The highest BCUT2D eigenvalue weighted by Crippen LogP contribution is 2.49. The molecule has 30 heavy (non-hydrogen) atoms. The molecular weight excluding hydrogens is 380 g/mol. The van der Waals surface area contributed by atoms with Crippen LogP contribution in [0.4, 0.5) is 0 Å². The van der Waals surface area contributed by atoms with Crippen LogP contribution in [0.15, 0.2) is 42.5 Å². The minimum absolute atomic E-state index is 0.116. The summed E-state index contributed by atoms with van der Waals surface area (Å²) in [6, 6.07) is 14.5. The van der Waals surface area contributed by atoms with E-state index in [9.17, 15) is 0 Å². The predicted molar refractivity (Wildman–Crippen MR) is 118 cm³/mol. The average Bonchev–Trinajstić information content (AvgIpc) is 2.78. The lowest BCUT2D eigenvalue weighted by molar-refractivity contribution is 0.0505. The van der Waals surface area contributed by atoms with Crippen molar-refractivity contribution in [3.63, 3.8) is 0 Å². The number of methoxy groups -OCH3 is 2. The van der Waals surface area contributed by atoms with E-state index < -0.39 is 0 Å². The first-order valence-electron chi connectivity index (χ1n) is 10.7. The van der Waals surface area contributed by atoms with Crippen LogP contribution in [0.2, 0.25) is 0 Å². The number of hydrogen-bond acceptors (Lipinski definition) is 5. The lowest BCUT2D eigenvalue weighted by Crippen LogP contribution is -2.40. The van der Waals surface area contributed by atoms with Gasteiger partial charge >= 0.3 is 0 Å². The van der Waals surface area contributed by atoms with Crippen molar-refractivity contribution < 1.29 is 23.7 Å². The quantitative estimate of drug-likeness (QED) is 0.350. The Morgan fingerprint density at radius 1 is 0.933 bits per heavy atom. The first-order chi connectivity index (χ1) is 14.6. The maximum Gasteiger partial charge on any atom is 0.188 e. The Hall–Kier alpha value is -2.24. The van der Waals surface area contributed by atoms with Gasteiger partial charge in [0, 0.05) is 31.6 Å². The van der Waals surface area contributed by atoms with Crippen LogP contribution >= 0.6 is 0 Å². The second-order valence-corrected chi connectivity index (χ2v) is 8.08. The summed E-state index contributed by atoms with van der Waals surface area (Å²) in [5.41, 5.74) is 2.40. The highest BCUT2D eigenvalue weighted by Gasteiger charge is 2.42. The van der Waals surface area contributed by atoms with Crippen molar-refractivity contribution in [3.8, 4) is 17.2 Å². The van der Waals surface area contributed by atoms with Gasteiger partial charge in [-0.05, 0) is 35.7 Å². The maximum atomic E-state index is 6.27. The van der Waals surface area contributed by atoms with Crippen molar-refractivity contribution in [2.45, 2.75) is 50.9 Å². The standard InChI is InChI=1S/C25H34O5/c1-5-6-7-8-23-22-14-13-21(30-18-27-4)15-24(22)28-16-25(23,2)19-9-11-20(12-10-19)29-17-26-3/h9-15,23H,5-8,16-18H2,1-4H3/t23-,25-/m1/s1. The summed E-state index contributed by atoms with van der Waals surface area (Å²) in [4.78, 5) is 0. The lowest BCUT2D eigenvalue weighted by atomic mass is 9.66. The molecule has 0 aliphatic carbocycles. The Balaban J connectivity index is 1.89. The molecule has 1 heterocycles. The molecule has 0 bridgehead atoms. The predicted octanol–water partition coefficient (Wildman–Crippen LogP) is 5.67. The van der Waals surface area contributed by atoms with Gasteiger partial charge in [-0.25, -0.2) is 0 Å². The molecule has 0 aromatic heterocycles. The summed E-state index contributed by atoms with van der Waals surface area (Å²) in [7, 11) is 3.24. The highest BCUT2D eigenvalue weighted by molar-refractivity contribution is 5.48. The van der Waals surface area contributed by atoms with E-state index in [2.05, 4.69) is 32.0 Å². The van der Waals surface area contributed by atoms with Gasteiger partial charge in [0.05, 0.1) is 6.61 Å². The molecule has 164 valence electrons. The van der Waals surface area contributed by atoms with E-state index in [1.807, 2.05) is 24.3 Å². The van der Waals surface area contributed by atoms with E-state index in [1.165, 1.54) is 30.4 Å². The fourth-order valence-corrected chi connectivity index (χ4v) is 4.23. The first-order valence-corrected chi connectivity index (χ1v) is 10.7. The smallest absolute Gasteiger partial charge is 0.188 e. The van der Waals surface area contributed by atoms with Gasteiger partial charge in [0.2, 0.25) is 0 Å².